The maximum Gasteiger partial charge on any atom is 0.407 e. The van der Waals surface area contributed by atoms with Crippen LogP contribution in [0.15, 0.2) is 34.9 Å². The summed E-state index contributed by atoms with van der Waals surface area (Å²) < 4.78 is 9.88. The Balaban J connectivity index is 1.65. The monoisotopic (exact) mass is 261 g/mol. The maximum absolute atomic E-state index is 11.4. The standard InChI is InChI=1S/C13H15N3O3/c1-10-15-12(16-19-10)7-8-14-13(17)18-9-11-5-3-2-4-6-11/h2-6H,7-9H2,1H3,(H,14,17). The van der Waals surface area contributed by atoms with Gasteiger partial charge in [-0.2, -0.15) is 4.98 Å². The molecule has 0 bridgehead atoms. The predicted molar refractivity (Wildman–Crippen MR) is 67.4 cm³/mol. The number of nitrogens with zero attached hydrogens (tertiary/aromatic N) is 2. The molecule has 6 heteroatoms. The molecule has 0 aliphatic heterocycles. The Bertz CT molecular complexity index is 525. The highest BCUT2D eigenvalue weighted by Gasteiger charge is 2.05. The molecule has 0 aliphatic carbocycles. The molecule has 100 valence electrons. The lowest BCUT2D eigenvalue weighted by Crippen LogP contribution is -2.26. The second kappa shape index (κ2) is 6.53. The molecule has 0 aliphatic rings. The average molecular weight is 261 g/mol. The van der Waals surface area contributed by atoms with Gasteiger partial charge in [-0.05, 0) is 5.56 Å². The third-order valence-corrected chi connectivity index (χ3v) is 2.40. The first-order chi connectivity index (χ1) is 9.24. The highest BCUT2D eigenvalue weighted by atomic mass is 16.5. The summed E-state index contributed by atoms with van der Waals surface area (Å²) in [7, 11) is 0. The van der Waals surface area contributed by atoms with Gasteiger partial charge in [0.25, 0.3) is 0 Å². The summed E-state index contributed by atoms with van der Waals surface area (Å²) in [5.74, 6) is 1.09. The molecule has 2 rings (SSSR count). The van der Waals surface area contributed by atoms with Gasteiger partial charge in [0.1, 0.15) is 6.61 Å². The fourth-order valence-electron chi connectivity index (χ4n) is 1.49. The van der Waals surface area contributed by atoms with Gasteiger partial charge in [-0.25, -0.2) is 4.79 Å². The minimum atomic E-state index is -0.455. The second-order valence-electron chi connectivity index (χ2n) is 3.97. The van der Waals surface area contributed by atoms with Gasteiger partial charge in [0.15, 0.2) is 5.82 Å². The lowest BCUT2D eigenvalue weighted by Gasteiger charge is -2.05. The number of amides is 1. The van der Waals surface area contributed by atoms with Crippen LogP contribution in [0.2, 0.25) is 0 Å². The number of hydrogen-bond donors (Lipinski definition) is 1. The number of benzene rings is 1. The molecular weight excluding hydrogens is 246 g/mol. The molecule has 1 N–H and O–H groups in total. The first-order valence-corrected chi connectivity index (χ1v) is 5.98. The van der Waals surface area contributed by atoms with E-state index in [0.717, 1.165) is 5.56 Å². The average Bonchev–Trinajstić information content (AvgIpc) is 2.83. The number of alkyl carbamates (subject to hydrolysis) is 1. The van der Waals surface area contributed by atoms with Gasteiger partial charge in [0.05, 0.1) is 0 Å². The van der Waals surface area contributed by atoms with E-state index in [4.69, 9.17) is 9.26 Å². The van der Waals surface area contributed by atoms with Crippen LogP contribution in [0.1, 0.15) is 17.3 Å². The number of carbonyl (C=O) groups is 1. The summed E-state index contributed by atoms with van der Waals surface area (Å²) in [6.07, 6.45) is 0.0571. The van der Waals surface area contributed by atoms with Crippen LogP contribution in [-0.4, -0.2) is 22.8 Å². The summed E-state index contributed by atoms with van der Waals surface area (Å²) in [4.78, 5) is 15.4. The molecule has 0 saturated heterocycles. The van der Waals surface area contributed by atoms with E-state index in [2.05, 4.69) is 15.5 Å². The van der Waals surface area contributed by atoms with Crippen molar-refractivity contribution in [3.63, 3.8) is 0 Å². The molecule has 2 aromatic rings. The summed E-state index contributed by atoms with van der Waals surface area (Å²) in [5, 5.41) is 6.36. The van der Waals surface area contributed by atoms with Crippen LogP contribution in [0, 0.1) is 6.92 Å². The summed E-state index contributed by atoms with van der Waals surface area (Å²) in [5.41, 5.74) is 0.950. The van der Waals surface area contributed by atoms with Crippen LogP contribution in [-0.2, 0) is 17.8 Å². The minimum absolute atomic E-state index is 0.258. The lowest BCUT2D eigenvalue weighted by molar-refractivity contribution is 0.139. The molecule has 0 radical (unpaired) electrons. The van der Waals surface area contributed by atoms with Crippen molar-refractivity contribution in [3.8, 4) is 0 Å². The van der Waals surface area contributed by atoms with Gasteiger partial charge in [-0.3, -0.25) is 0 Å². The van der Waals surface area contributed by atoms with Crippen molar-refractivity contribution in [2.24, 2.45) is 0 Å². The van der Waals surface area contributed by atoms with Gasteiger partial charge in [-0.1, -0.05) is 35.5 Å². The molecule has 19 heavy (non-hydrogen) atoms. The largest absolute Gasteiger partial charge is 0.445 e. The van der Waals surface area contributed by atoms with Crippen LogP contribution >= 0.6 is 0 Å². The Kier molecular flexibility index (Phi) is 4.49. The quantitative estimate of drug-likeness (QED) is 0.888. The Morgan fingerprint density at radius 3 is 2.84 bits per heavy atom. The SMILES string of the molecule is Cc1nc(CCNC(=O)OCc2ccccc2)no1. The zero-order chi connectivity index (χ0) is 13.5. The number of nitrogens with one attached hydrogen (secondary N) is 1. The molecular formula is C13H15N3O3. The van der Waals surface area contributed by atoms with E-state index < -0.39 is 6.09 Å². The number of carbonyl (C=O) groups excluding carboxylic acids is 1. The molecule has 1 aromatic heterocycles. The van der Waals surface area contributed by atoms with Crippen LogP contribution in [0.5, 0.6) is 0 Å². The summed E-state index contributed by atoms with van der Waals surface area (Å²) in [6, 6.07) is 9.51. The number of hydrogen-bond acceptors (Lipinski definition) is 5. The van der Waals surface area contributed by atoms with E-state index in [1.165, 1.54) is 0 Å². The molecule has 1 aromatic carbocycles. The van der Waals surface area contributed by atoms with Crippen LogP contribution in [0.25, 0.3) is 0 Å². The van der Waals surface area contributed by atoms with E-state index in [9.17, 15) is 4.79 Å². The van der Waals surface area contributed by atoms with E-state index in [-0.39, 0.29) is 6.61 Å². The Morgan fingerprint density at radius 1 is 1.37 bits per heavy atom. The van der Waals surface area contributed by atoms with Crippen LogP contribution < -0.4 is 5.32 Å². The summed E-state index contributed by atoms with van der Waals surface area (Å²) >= 11 is 0. The molecule has 1 amide bonds. The van der Waals surface area contributed by atoms with Gasteiger partial charge in [-0.15, -0.1) is 0 Å². The first kappa shape index (κ1) is 13.1. The highest BCUT2D eigenvalue weighted by Crippen LogP contribution is 2.00. The third kappa shape index (κ3) is 4.42. The zero-order valence-corrected chi connectivity index (χ0v) is 10.6. The smallest absolute Gasteiger partial charge is 0.407 e. The molecule has 6 nitrogen and oxygen atoms in total. The van der Waals surface area contributed by atoms with Gasteiger partial charge >= 0.3 is 6.09 Å². The van der Waals surface area contributed by atoms with Crippen molar-refractivity contribution < 1.29 is 14.1 Å². The van der Waals surface area contributed by atoms with E-state index in [0.29, 0.717) is 24.7 Å². The van der Waals surface area contributed by atoms with Gasteiger partial charge < -0.3 is 14.6 Å². The maximum atomic E-state index is 11.4. The fourth-order valence-corrected chi connectivity index (χ4v) is 1.49. The van der Waals surface area contributed by atoms with E-state index >= 15 is 0 Å². The number of aryl methyl sites for hydroxylation is 1. The molecule has 1 heterocycles. The molecule has 0 atom stereocenters. The van der Waals surface area contributed by atoms with Crippen molar-refractivity contribution in [3.05, 3.63) is 47.6 Å². The molecule has 0 unspecified atom stereocenters. The van der Waals surface area contributed by atoms with Crippen LogP contribution in [0.3, 0.4) is 0 Å². The lowest BCUT2D eigenvalue weighted by atomic mass is 10.2. The Morgan fingerprint density at radius 2 is 2.16 bits per heavy atom. The normalized spacial score (nSPS) is 10.2. The van der Waals surface area contributed by atoms with Crippen molar-refractivity contribution >= 4 is 6.09 Å². The van der Waals surface area contributed by atoms with Crippen LogP contribution in [0.4, 0.5) is 4.79 Å². The molecule has 0 saturated carbocycles. The fraction of sp³-hybridized carbons (Fsp3) is 0.308. The third-order valence-electron chi connectivity index (χ3n) is 2.40. The Hall–Kier alpha value is -2.37. The highest BCUT2D eigenvalue weighted by molar-refractivity contribution is 5.67. The Labute approximate surface area is 110 Å². The zero-order valence-electron chi connectivity index (χ0n) is 10.6. The minimum Gasteiger partial charge on any atom is -0.445 e. The van der Waals surface area contributed by atoms with Crippen molar-refractivity contribution in [2.75, 3.05) is 6.54 Å². The number of aromatic nitrogens is 2. The van der Waals surface area contributed by atoms with E-state index in [1.807, 2.05) is 30.3 Å². The van der Waals surface area contributed by atoms with Crippen molar-refractivity contribution in [1.29, 1.82) is 0 Å². The molecule has 0 fully saturated rings. The number of ether oxygens (including phenoxy) is 1. The van der Waals surface area contributed by atoms with E-state index in [1.54, 1.807) is 6.92 Å². The first-order valence-electron chi connectivity index (χ1n) is 5.98. The summed E-state index contributed by atoms with van der Waals surface area (Å²) in [6.45, 7) is 2.39. The molecule has 0 spiro atoms. The second-order valence-corrected chi connectivity index (χ2v) is 3.97. The topological polar surface area (TPSA) is 77.2 Å². The van der Waals surface area contributed by atoms with Crippen molar-refractivity contribution in [1.82, 2.24) is 15.5 Å². The van der Waals surface area contributed by atoms with Gasteiger partial charge in [0.2, 0.25) is 5.89 Å². The number of rotatable bonds is 5. The van der Waals surface area contributed by atoms with Crippen molar-refractivity contribution in [2.45, 2.75) is 20.0 Å². The predicted octanol–water partition coefficient (Wildman–Crippen LogP) is 1.85. The van der Waals surface area contributed by atoms with Gasteiger partial charge in [0, 0.05) is 19.9 Å².